The van der Waals surface area contributed by atoms with Crippen molar-refractivity contribution in [1.29, 1.82) is 0 Å². The Bertz CT molecular complexity index is 676. The zero-order chi connectivity index (χ0) is 15.4. The van der Waals surface area contributed by atoms with E-state index in [1.54, 1.807) is 6.92 Å². The summed E-state index contributed by atoms with van der Waals surface area (Å²) in [7, 11) is 0. The Hall–Kier alpha value is -1.99. The summed E-state index contributed by atoms with van der Waals surface area (Å²) in [5.41, 5.74) is 8.37. The van der Waals surface area contributed by atoms with Gasteiger partial charge >= 0.3 is 0 Å². The molecule has 0 aliphatic rings. The normalized spacial score (nSPS) is 10.4. The third-order valence-corrected chi connectivity index (χ3v) is 4.19. The predicted molar refractivity (Wildman–Crippen MR) is 85.0 cm³/mol. The largest absolute Gasteiger partial charge is 0.365 e. The summed E-state index contributed by atoms with van der Waals surface area (Å²) >= 11 is 3.35. The Kier molecular flexibility index (Phi) is 4.87. The first kappa shape index (κ1) is 15.4. The molecule has 0 saturated carbocycles. The Morgan fingerprint density at radius 2 is 2.05 bits per heavy atom. The Labute approximate surface area is 130 Å². The quantitative estimate of drug-likeness (QED) is 0.638. The summed E-state index contributed by atoms with van der Waals surface area (Å²) in [6.07, 6.45) is 1.26. The van der Waals surface area contributed by atoms with Crippen LogP contribution in [0.5, 0.6) is 0 Å². The number of nitro groups is 1. The molecular weight excluding hydrogens is 336 g/mol. The highest BCUT2D eigenvalue weighted by Crippen LogP contribution is 2.30. The smallest absolute Gasteiger partial charge is 0.291 e. The summed E-state index contributed by atoms with van der Waals surface area (Å²) in [5, 5.41) is 14.0. The van der Waals surface area contributed by atoms with Crippen LogP contribution in [0, 0.1) is 17.0 Å². The van der Waals surface area contributed by atoms with Crippen molar-refractivity contribution in [2.45, 2.75) is 20.0 Å². The monoisotopic (exact) mass is 350 g/mol. The van der Waals surface area contributed by atoms with E-state index in [2.05, 4.69) is 26.2 Å². The van der Waals surface area contributed by atoms with Gasteiger partial charge in [-0.05, 0) is 34.0 Å². The molecule has 0 bridgehead atoms. The average molecular weight is 351 g/mol. The van der Waals surface area contributed by atoms with Crippen molar-refractivity contribution in [2.24, 2.45) is 5.73 Å². The summed E-state index contributed by atoms with van der Waals surface area (Å²) in [4.78, 5) is 14.5. The molecule has 1 heterocycles. The molecule has 0 aliphatic heterocycles. The van der Waals surface area contributed by atoms with Crippen LogP contribution in [-0.4, -0.2) is 9.91 Å². The molecule has 0 amide bonds. The number of nitrogens with two attached hydrogens (primary N) is 1. The number of hydrogen-bond donors (Lipinski definition) is 2. The summed E-state index contributed by atoms with van der Waals surface area (Å²) in [6, 6.07) is 7.84. The molecule has 1 aromatic heterocycles. The van der Waals surface area contributed by atoms with E-state index in [9.17, 15) is 10.1 Å². The van der Waals surface area contributed by atoms with Gasteiger partial charge in [0.1, 0.15) is 12.0 Å². The van der Waals surface area contributed by atoms with Crippen LogP contribution in [0.15, 0.2) is 34.9 Å². The van der Waals surface area contributed by atoms with E-state index in [1.165, 1.54) is 6.20 Å². The Morgan fingerprint density at radius 3 is 2.67 bits per heavy atom. The molecule has 3 N–H and O–H groups in total. The summed E-state index contributed by atoms with van der Waals surface area (Å²) in [5.74, 6) is 0.574. The SMILES string of the molecule is Cc1c([N+](=O)[O-])cnc(NCc2ccccc2CN)c1Br. The van der Waals surface area contributed by atoms with Crippen molar-refractivity contribution in [3.63, 3.8) is 0 Å². The number of pyridine rings is 1. The van der Waals surface area contributed by atoms with Gasteiger partial charge in [-0.3, -0.25) is 10.1 Å². The lowest BCUT2D eigenvalue weighted by Crippen LogP contribution is -2.08. The van der Waals surface area contributed by atoms with Crippen molar-refractivity contribution in [2.75, 3.05) is 5.32 Å². The van der Waals surface area contributed by atoms with Crippen LogP contribution in [0.1, 0.15) is 16.7 Å². The summed E-state index contributed by atoms with van der Waals surface area (Å²) in [6.45, 7) is 2.70. The number of nitrogens with one attached hydrogen (secondary N) is 1. The molecule has 21 heavy (non-hydrogen) atoms. The first-order chi connectivity index (χ1) is 10.0. The van der Waals surface area contributed by atoms with Crippen LogP contribution >= 0.6 is 15.9 Å². The topological polar surface area (TPSA) is 94.1 Å². The molecule has 6 nitrogen and oxygen atoms in total. The molecule has 0 unspecified atom stereocenters. The number of anilines is 1. The molecule has 110 valence electrons. The highest BCUT2D eigenvalue weighted by molar-refractivity contribution is 9.10. The molecule has 0 saturated heterocycles. The fraction of sp³-hybridized carbons (Fsp3) is 0.214. The van der Waals surface area contributed by atoms with Crippen molar-refractivity contribution in [3.8, 4) is 0 Å². The second-order valence-corrected chi connectivity index (χ2v) is 5.31. The number of rotatable bonds is 5. The molecule has 0 spiro atoms. The van der Waals surface area contributed by atoms with Crippen LogP contribution in [0.3, 0.4) is 0 Å². The molecule has 0 fully saturated rings. The molecule has 7 heteroatoms. The molecule has 2 rings (SSSR count). The maximum atomic E-state index is 10.9. The van der Waals surface area contributed by atoms with Gasteiger partial charge in [0.15, 0.2) is 0 Å². The maximum Gasteiger partial charge on any atom is 0.291 e. The zero-order valence-electron chi connectivity index (χ0n) is 11.5. The molecule has 0 radical (unpaired) electrons. The van der Waals surface area contributed by atoms with Crippen LogP contribution in [-0.2, 0) is 13.1 Å². The molecular formula is C14H15BrN4O2. The first-order valence-corrected chi connectivity index (χ1v) is 7.14. The molecule has 1 aromatic carbocycles. The van der Waals surface area contributed by atoms with E-state index >= 15 is 0 Å². The molecule has 0 atom stereocenters. The van der Waals surface area contributed by atoms with Gasteiger partial charge in [-0.15, -0.1) is 0 Å². The van der Waals surface area contributed by atoms with Gasteiger partial charge in [-0.1, -0.05) is 24.3 Å². The lowest BCUT2D eigenvalue weighted by Gasteiger charge is -2.12. The zero-order valence-corrected chi connectivity index (χ0v) is 13.1. The van der Waals surface area contributed by atoms with E-state index in [0.29, 0.717) is 28.9 Å². The van der Waals surface area contributed by atoms with E-state index in [-0.39, 0.29) is 5.69 Å². The van der Waals surface area contributed by atoms with Crippen molar-refractivity contribution in [3.05, 3.63) is 61.7 Å². The number of benzene rings is 1. The van der Waals surface area contributed by atoms with Gasteiger partial charge in [0.25, 0.3) is 5.69 Å². The van der Waals surface area contributed by atoms with E-state index in [1.807, 2.05) is 24.3 Å². The predicted octanol–water partition coefficient (Wildman–Crippen LogP) is 3.13. The van der Waals surface area contributed by atoms with Gasteiger partial charge in [0.2, 0.25) is 0 Å². The Balaban J connectivity index is 2.21. The number of aromatic nitrogens is 1. The number of hydrogen-bond acceptors (Lipinski definition) is 5. The van der Waals surface area contributed by atoms with Gasteiger partial charge in [0.05, 0.1) is 9.40 Å². The minimum atomic E-state index is -0.444. The van der Waals surface area contributed by atoms with E-state index in [4.69, 9.17) is 5.73 Å². The molecule has 2 aromatic rings. The third kappa shape index (κ3) is 3.37. The van der Waals surface area contributed by atoms with Crippen LogP contribution in [0.2, 0.25) is 0 Å². The highest BCUT2D eigenvalue weighted by Gasteiger charge is 2.17. The number of nitrogens with zero attached hydrogens (tertiary/aromatic N) is 2. The number of halogens is 1. The van der Waals surface area contributed by atoms with Crippen molar-refractivity contribution in [1.82, 2.24) is 4.98 Å². The Morgan fingerprint density at radius 1 is 1.38 bits per heavy atom. The maximum absolute atomic E-state index is 10.9. The van der Waals surface area contributed by atoms with Crippen molar-refractivity contribution < 1.29 is 4.92 Å². The average Bonchev–Trinajstić information content (AvgIpc) is 2.48. The fourth-order valence-electron chi connectivity index (χ4n) is 1.98. The van der Waals surface area contributed by atoms with Crippen LogP contribution in [0.4, 0.5) is 11.5 Å². The first-order valence-electron chi connectivity index (χ1n) is 6.34. The highest BCUT2D eigenvalue weighted by atomic mass is 79.9. The van der Waals surface area contributed by atoms with Gasteiger partial charge in [-0.25, -0.2) is 4.98 Å². The van der Waals surface area contributed by atoms with E-state index in [0.717, 1.165) is 11.1 Å². The molecule has 0 aliphatic carbocycles. The minimum absolute atomic E-state index is 0.00483. The van der Waals surface area contributed by atoms with Gasteiger partial charge in [0, 0.05) is 18.7 Å². The third-order valence-electron chi connectivity index (χ3n) is 3.22. The summed E-state index contributed by atoms with van der Waals surface area (Å²) < 4.78 is 0.599. The standard InChI is InChI=1S/C14H15BrN4O2/c1-9-12(19(20)21)8-18-14(13(9)15)17-7-11-5-3-2-4-10(11)6-16/h2-5,8H,6-7,16H2,1H3,(H,17,18). The lowest BCUT2D eigenvalue weighted by molar-refractivity contribution is -0.385. The second kappa shape index (κ2) is 6.64. The van der Waals surface area contributed by atoms with Crippen LogP contribution < -0.4 is 11.1 Å². The second-order valence-electron chi connectivity index (χ2n) is 4.51. The minimum Gasteiger partial charge on any atom is -0.365 e. The van der Waals surface area contributed by atoms with Gasteiger partial charge in [-0.2, -0.15) is 0 Å². The van der Waals surface area contributed by atoms with E-state index < -0.39 is 4.92 Å². The van der Waals surface area contributed by atoms with Gasteiger partial charge < -0.3 is 11.1 Å². The van der Waals surface area contributed by atoms with Crippen LogP contribution in [0.25, 0.3) is 0 Å². The lowest BCUT2D eigenvalue weighted by atomic mass is 10.1. The fourth-order valence-corrected chi connectivity index (χ4v) is 2.43. The van der Waals surface area contributed by atoms with Crippen molar-refractivity contribution >= 4 is 27.4 Å².